The van der Waals surface area contributed by atoms with Crippen molar-refractivity contribution < 1.29 is 9.37 Å². The molecule has 0 atom stereocenters. The zero-order chi connectivity index (χ0) is 30.4. The van der Waals surface area contributed by atoms with Crippen molar-refractivity contribution in [3.05, 3.63) is 112 Å². The summed E-state index contributed by atoms with van der Waals surface area (Å²) in [5, 5.41) is 24.8. The third-order valence-corrected chi connectivity index (χ3v) is 9.03. The van der Waals surface area contributed by atoms with E-state index in [4.69, 9.17) is 5.41 Å². The Morgan fingerprint density at radius 2 is 1.61 bits per heavy atom. The van der Waals surface area contributed by atoms with E-state index in [1.54, 1.807) is 0 Å². The fourth-order valence-corrected chi connectivity index (χ4v) is 6.91. The van der Waals surface area contributed by atoms with Crippen LogP contribution in [0.4, 0.5) is 5.69 Å². The third kappa shape index (κ3) is 4.11. The molecular weight excluding hydrogens is 540 g/mol. The van der Waals surface area contributed by atoms with Crippen LogP contribution in [0, 0.1) is 16.7 Å². The Morgan fingerprint density at radius 3 is 2.34 bits per heavy atom. The van der Waals surface area contributed by atoms with Crippen LogP contribution >= 0.6 is 0 Å². The number of ketones is 1. The molecule has 2 aliphatic rings. The first-order valence-electron chi connectivity index (χ1n) is 15.5. The van der Waals surface area contributed by atoms with Crippen molar-refractivity contribution in [2.24, 2.45) is 0 Å². The number of nitrogens with zero attached hydrogens (tertiary/aromatic N) is 3. The summed E-state index contributed by atoms with van der Waals surface area (Å²) < 4.78 is 4.60. The highest BCUT2D eigenvalue weighted by Crippen LogP contribution is 2.40. The van der Waals surface area contributed by atoms with Crippen LogP contribution in [0.3, 0.4) is 0 Å². The van der Waals surface area contributed by atoms with Gasteiger partial charge in [0.1, 0.15) is 18.2 Å². The number of carbonyl (C=O) groups excluding carboxylic acids is 1. The molecule has 1 N–H and O–H groups in total. The number of hydrogen-bond donors (Lipinski definition) is 1. The molecule has 0 unspecified atom stereocenters. The van der Waals surface area contributed by atoms with Gasteiger partial charge in [-0.1, -0.05) is 81.3 Å². The summed E-state index contributed by atoms with van der Waals surface area (Å²) in [4.78, 5) is 14.1. The summed E-state index contributed by atoms with van der Waals surface area (Å²) in [5.74, 6) is 2.23. The second kappa shape index (κ2) is 11.1. The van der Waals surface area contributed by atoms with Crippen molar-refractivity contribution >= 4 is 61.6 Å². The Hall–Kier alpha value is -5.30. The molecule has 2 heterocycles. The number of nitriles is 1. The molecule has 0 radical (unpaired) electrons. The largest absolute Gasteiger partial charge is 0.340 e. The first-order valence-corrected chi connectivity index (χ1v) is 15.5. The summed E-state index contributed by atoms with van der Waals surface area (Å²) in [5.41, 5.74) is 5.83. The number of Topliss-reactive ketones (excluding diaryl/α,β-unsaturated/α-hetero) is 1. The highest BCUT2D eigenvalue weighted by atomic mass is 16.1. The quantitative estimate of drug-likeness (QED) is 0.0849. The van der Waals surface area contributed by atoms with Crippen LogP contribution in [-0.4, -0.2) is 33.1 Å². The van der Waals surface area contributed by atoms with Gasteiger partial charge in [-0.2, -0.15) is 9.84 Å². The third-order valence-electron chi connectivity index (χ3n) is 9.03. The lowest BCUT2D eigenvalue weighted by atomic mass is 9.76. The predicted molar refractivity (Wildman–Crippen MR) is 179 cm³/mol. The van der Waals surface area contributed by atoms with Gasteiger partial charge in [-0.3, -0.25) is 10.2 Å². The Labute approximate surface area is 256 Å². The number of aryl methyl sites for hydroxylation is 1. The number of unbranched alkanes of at least 4 members (excludes halogenated alkanes) is 2. The smallest absolute Gasteiger partial charge is 0.214 e. The number of allylic oxidation sites excluding steroid dienone is 5. The van der Waals surface area contributed by atoms with Crippen molar-refractivity contribution in [1.29, 1.82) is 10.7 Å². The summed E-state index contributed by atoms with van der Waals surface area (Å²) in [6.07, 6.45) is 8.00. The maximum atomic E-state index is 14.1. The Morgan fingerprint density at radius 1 is 0.909 bits per heavy atom. The monoisotopic (exact) mass is 573 g/mol. The normalized spacial score (nSPS) is 15.6. The lowest BCUT2D eigenvalue weighted by Gasteiger charge is -2.22. The maximum absolute atomic E-state index is 14.1. The maximum Gasteiger partial charge on any atom is 0.214 e. The summed E-state index contributed by atoms with van der Waals surface area (Å²) in [6.45, 7) is 6.01. The molecule has 0 fully saturated rings. The van der Waals surface area contributed by atoms with E-state index >= 15 is 0 Å². The van der Waals surface area contributed by atoms with Crippen LogP contribution in [0.25, 0.3) is 38.5 Å². The van der Waals surface area contributed by atoms with E-state index < -0.39 is 0 Å². The van der Waals surface area contributed by atoms with Gasteiger partial charge in [0, 0.05) is 63.5 Å². The zero-order valence-corrected chi connectivity index (χ0v) is 25.1. The van der Waals surface area contributed by atoms with Gasteiger partial charge in [0.25, 0.3) is 0 Å². The molecule has 44 heavy (non-hydrogen) atoms. The summed E-state index contributed by atoms with van der Waals surface area (Å²) >= 11 is 0. The molecule has 0 saturated heterocycles. The molecule has 0 amide bonds. The van der Waals surface area contributed by atoms with E-state index in [0.29, 0.717) is 16.7 Å². The van der Waals surface area contributed by atoms with Crippen molar-refractivity contribution in [3.63, 3.8) is 0 Å². The molecule has 1 aliphatic heterocycles. The van der Waals surface area contributed by atoms with E-state index in [9.17, 15) is 10.1 Å². The number of carbonyl (C=O) groups is 1. The minimum Gasteiger partial charge on any atom is -0.340 e. The van der Waals surface area contributed by atoms with Gasteiger partial charge in [0.2, 0.25) is 11.4 Å². The van der Waals surface area contributed by atoms with E-state index in [2.05, 4.69) is 108 Å². The van der Waals surface area contributed by atoms with Gasteiger partial charge < -0.3 is 4.57 Å². The SMILES string of the molecule is CCCCn1c(=CC2=C(C(=C=N)C#N)C(=CC3=[N+](CCCC)c4cccc5cccc3c45)C2=O)c2cccc3cccc1c32. The molecular formula is C39H33N4O+. The molecule has 1 aliphatic carbocycles. The summed E-state index contributed by atoms with van der Waals surface area (Å²) in [7, 11) is 0. The number of aromatic nitrogens is 1. The standard InChI is InChI=1S/C39H33N4O/c1-3-5-19-42-32-17-9-13-25-11-7-15-28(37(25)32)34(42)21-30-36(27(23-40)24-41)31(39(30)44)22-35-29-16-8-12-26-14-10-18-33(38(26)29)43(35)20-6-4-2/h7-18,21-22,40H,3-6,19-20H2,1-2H3/q+1. The van der Waals surface area contributed by atoms with Crippen molar-refractivity contribution in [2.45, 2.75) is 46.1 Å². The molecule has 214 valence electrons. The van der Waals surface area contributed by atoms with Crippen LogP contribution in [0.1, 0.15) is 45.1 Å². The molecule has 0 bridgehead atoms. The van der Waals surface area contributed by atoms with Crippen LogP contribution in [-0.2, 0) is 11.3 Å². The van der Waals surface area contributed by atoms with Gasteiger partial charge in [-0.05, 0) is 41.3 Å². The van der Waals surface area contributed by atoms with Gasteiger partial charge in [-0.15, -0.1) is 0 Å². The van der Waals surface area contributed by atoms with Crippen molar-refractivity contribution in [1.82, 2.24) is 4.57 Å². The van der Waals surface area contributed by atoms with Gasteiger partial charge in [0.05, 0.1) is 10.9 Å². The van der Waals surface area contributed by atoms with Gasteiger partial charge in [0.15, 0.2) is 5.78 Å². The molecule has 0 saturated carbocycles. The molecule has 5 heteroatoms. The van der Waals surface area contributed by atoms with Crippen LogP contribution in [0.15, 0.2) is 101 Å². The lowest BCUT2D eigenvalue weighted by Crippen LogP contribution is -2.27. The van der Waals surface area contributed by atoms with E-state index in [-0.39, 0.29) is 11.4 Å². The molecule has 5 aromatic rings. The molecule has 1 aromatic heterocycles. The lowest BCUT2D eigenvalue weighted by molar-refractivity contribution is -0.436. The van der Waals surface area contributed by atoms with Crippen molar-refractivity contribution in [2.75, 3.05) is 6.54 Å². The number of hydrogen-bond acceptors (Lipinski definition) is 3. The average molecular weight is 574 g/mol. The minimum absolute atomic E-state index is 0.0750. The van der Waals surface area contributed by atoms with Crippen LogP contribution in [0.5, 0.6) is 0 Å². The van der Waals surface area contributed by atoms with Crippen LogP contribution < -0.4 is 5.35 Å². The highest BCUT2D eigenvalue weighted by molar-refractivity contribution is 6.31. The Bertz CT molecular complexity index is 2270. The highest BCUT2D eigenvalue weighted by Gasteiger charge is 2.38. The Balaban J connectivity index is 1.48. The predicted octanol–water partition coefficient (Wildman–Crippen LogP) is 7.70. The number of rotatable bonds is 9. The topological polar surface area (TPSA) is 72.7 Å². The first kappa shape index (κ1) is 27.5. The minimum atomic E-state index is -0.111. The Kier molecular flexibility index (Phi) is 6.93. The fourth-order valence-electron chi connectivity index (χ4n) is 6.91. The van der Waals surface area contributed by atoms with E-state index in [1.807, 2.05) is 12.2 Å². The second-order valence-electron chi connectivity index (χ2n) is 11.6. The molecule has 7 rings (SSSR count). The van der Waals surface area contributed by atoms with E-state index in [1.165, 1.54) is 10.8 Å². The van der Waals surface area contributed by atoms with Gasteiger partial charge >= 0.3 is 0 Å². The molecule has 0 spiro atoms. The van der Waals surface area contributed by atoms with E-state index in [0.717, 1.165) is 82.8 Å². The zero-order valence-electron chi connectivity index (χ0n) is 25.1. The number of benzene rings is 4. The molecule has 5 nitrogen and oxygen atoms in total. The molecule has 4 aromatic carbocycles. The number of nitrogens with one attached hydrogen (secondary N) is 1. The van der Waals surface area contributed by atoms with Gasteiger partial charge in [-0.25, -0.2) is 0 Å². The first-order chi connectivity index (χ1) is 21.6. The second-order valence-corrected chi connectivity index (χ2v) is 11.6. The summed E-state index contributed by atoms with van der Waals surface area (Å²) in [6, 6.07) is 27.4. The van der Waals surface area contributed by atoms with Crippen LogP contribution in [0.2, 0.25) is 0 Å². The average Bonchev–Trinajstić information content (AvgIpc) is 3.53. The fraction of sp³-hybridized carbons (Fsp3) is 0.205. The van der Waals surface area contributed by atoms with Crippen molar-refractivity contribution in [3.8, 4) is 6.07 Å².